The third-order valence-corrected chi connectivity index (χ3v) is 5.04. The highest BCUT2D eigenvalue weighted by Gasteiger charge is 2.34. The molecule has 0 bridgehead atoms. The van der Waals surface area contributed by atoms with Crippen LogP contribution in [0.1, 0.15) is 49.4 Å². The minimum atomic E-state index is -0.579. The quantitative estimate of drug-likeness (QED) is 0.835. The van der Waals surface area contributed by atoms with Gasteiger partial charge in [-0.15, -0.1) is 0 Å². The van der Waals surface area contributed by atoms with Crippen LogP contribution in [0.4, 0.5) is 0 Å². The fourth-order valence-corrected chi connectivity index (χ4v) is 3.48. The number of rotatable bonds is 6. The molecule has 5 heteroatoms. The molecule has 1 aliphatic rings. The van der Waals surface area contributed by atoms with E-state index in [9.17, 15) is 9.59 Å². The SMILES string of the molecule is CCOc1ccc(CC(=O)N2CCNC(=O)C2c2ccc(C(C)C)cc2)cc1. The molecule has 1 aliphatic heterocycles. The molecule has 1 N–H and O–H groups in total. The number of carbonyl (C=O) groups is 2. The summed E-state index contributed by atoms with van der Waals surface area (Å²) in [6, 6.07) is 15.0. The van der Waals surface area contributed by atoms with E-state index in [1.54, 1.807) is 4.90 Å². The molecule has 0 spiro atoms. The van der Waals surface area contributed by atoms with E-state index < -0.39 is 6.04 Å². The molecule has 148 valence electrons. The molecular formula is C23H28N2O3. The molecule has 0 saturated carbocycles. The molecule has 0 aromatic heterocycles. The zero-order chi connectivity index (χ0) is 20.1. The fourth-order valence-electron chi connectivity index (χ4n) is 3.48. The van der Waals surface area contributed by atoms with Crippen molar-refractivity contribution < 1.29 is 14.3 Å². The highest BCUT2D eigenvalue weighted by Crippen LogP contribution is 2.26. The van der Waals surface area contributed by atoms with E-state index in [1.807, 2.05) is 55.5 Å². The van der Waals surface area contributed by atoms with Crippen LogP contribution in [-0.2, 0) is 16.0 Å². The van der Waals surface area contributed by atoms with Crippen LogP contribution in [0.2, 0.25) is 0 Å². The van der Waals surface area contributed by atoms with Gasteiger partial charge in [0.2, 0.25) is 11.8 Å². The first-order valence-electron chi connectivity index (χ1n) is 9.88. The predicted molar refractivity (Wildman–Crippen MR) is 109 cm³/mol. The Balaban J connectivity index is 1.77. The van der Waals surface area contributed by atoms with Gasteiger partial charge in [-0.05, 0) is 41.7 Å². The summed E-state index contributed by atoms with van der Waals surface area (Å²) in [5.74, 6) is 1.05. The smallest absolute Gasteiger partial charge is 0.247 e. The van der Waals surface area contributed by atoms with Gasteiger partial charge in [-0.3, -0.25) is 9.59 Å². The number of hydrogen-bond donors (Lipinski definition) is 1. The van der Waals surface area contributed by atoms with Gasteiger partial charge in [0.1, 0.15) is 11.8 Å². The molecule has 2 amide bonds. The zero-order valence-corrected chi connectivity index (χ0v) is 16.8. The Labute approximate surface area is 166 Å². The largest absolute Gasteiger partial charge is 0.494 e. The van der Waals surface area contributed by atoms with Gasteiger partial charge < -0.3 is 15.0 Å². The molecule has 0 aliphatic carbocycles. The van der Waals surface area contributed by atoms with Crippen molar-refractivity contribution in [3.05, 3.63) is 65.2 Å². The predicted octanol–water partition coefficient (Wildman–Crippen LogP) is 3.45. The van der Waals surface area contributed by atoms with Crippen molar-refractivity contribution >= 4 is 11.8 Å². The minimum absolute atomic E-state index is 0.0445. The summed E-state index contributed by atoms with van der Waals surface area (Å²) in [4.78, 5) is 27.3. The zero-order valence-electron chi connectivity index (χ0n) is 16.8. The highest BCUT2D eigenvalue weighted by molar-refractivity contribution is 5.90. The number of amides is 2. The van der Waals surface area contributed by atoms with Crippen molar-refractivity contribution in [3.63, 3.8) is 0 Å². The molecule has 1 heterocycles. The number of piperazine rings is 1. The Morgan fingerprint density at radius 2 is 1.82 bits per heavy atom. The Morgan fingerprint density at radius 1 is 1.14 bits per heavy atom. The first-order valence-corrected chi connectivity index (χ1v) is 9.88. The van der Waals surface area contributed by atoms with Gasteiger partial charge in [-0.25, -0.2) is 0 Å². The van der Waals surface area contributed by atoms with Crippen LogP contribution in [0.15, 0.2) is 48.5 Å². The highest BCUT2D eigenvalue weighted by atomic mass is 16.5. The first-order chi connectivity index (χ1) is 13.5. The molecule has 0 radical (unpaired) electrons. The molecule has 3 rings (SSSR count). The topological polar surface area (TPSA) is 58.6 Å². The van der Waals surface area contributed by atoms with E-state index in [4.69, 9.17) is 4.74 Å². The third kappa shape index (κ3) is 4.53. The molecule has 1 unspecified atom stereocenters. The summed E-state index contributed by atoms with van der Waals surface area (Å²) in [5.41, 5.74) is 2.97. The van der Waals surface area contributed by atoms with E-state index in [-0.39, 0.29) is 18.2 Å². The summed E-state index contributed by atoms with van der Waals surface area (Å²) < 4.78 is 5.45. The summed E-state index contributed by atoms with van der Waals surface area (Å²) in [5, 5.41) is 2.89. The molecule has 5 nitrogen and oxygen atoms in total. The van der Waals surface area contributed by atoms with Crippen molar-refractivity contribution in [1.82, 2.24) is 10.2 Å². The summed E-state index contributed by atoms with van der Waals surface area (Å²) >= 11 is 0. The average molecular weight is 380 g/mol. The maximum Gasteiger partial charge on any atom is 0.247 e. The lowest BCUT2D eigenvalue weighted by atomic mass is 9.96. The molecule has 2 aromatic rings. The van der Waals surface area contributed by atoms with Crippen molar-refractivity contribution in [3.8, 4) is 5.75 Å². The number of ether oxygens (including phenoxy) is 1. The van der Waals surface area contributed by atoms with Gasteiger partial charge in [0, 0.05) is 13.1 Å². The summed E-state index contributed by atoms with van der Waals surface area (Å²) in [7, 11) is 0. The van der Waals surface area contributed by atoms with Gasteiger partial charge in [0.05, 0.1) is 13.0 Å². The second kappa shape index (κ2) is 8.91. The van der Waals surface area contributed by atoms with Gasteiger partial charge in [0.25, 0.3) is 0 Å². The van der Waals surface area contributed by atoms with Crippen LogP contribution in [0.5, 0.6) is 5.75 Å². The fraction of sp³-hybridized carbons (Fsp3) is 0.391. The second-order valence-electron chi connectivity index (χ2n) is 7.36. The number of nitrogens with one attached hydrogen (secondary N) is 1. The second-order valence-corrected chi connectivity index (χ2v) is 7.36. The van der Waals surface area contributed by atoms with Crippen LogP contribution >= 0.6 is 0 Å². The van der Waals surface area contributed by atoms with Gasteiger partial charge in [-0.2, -0.15) is 0 Å². The van der Waals surface area contributed by atoms with Crippen LogP contribution in [0, 0.1) is 0 Å². The number of nitrogens with zero attached hydrogens (tertiary/aromatic N) is 1. The van der Waals surface area contributed by atoms with E-state index in [0.29, 0.717) is 25.6 Å². The van der Waals surface area contributed by atoms with Crippen LogP contribution in [-0.4, -0.2) is 36.4 Å². The van der Waals surface area contributed by atoms with Gasteiger partial charge in [0.15, 0.2) is 0 Å². The summed E-state index contributed by atoms with van der Waals surface area (Å²) in [6.07, 6.45) is 0.264. The molecular weight excluding hydrogens is 352 g/mol. The maximum absolute atomic E-state index is 13.0. The minimum Gasteiger partial charge on any atom is -0.494 e. The molecule has 1 fully saturated rings. The molecule has 1 atom stereocenters. The van der Waals surface area contributed by atoms with Crippen molar-refractivity contribution in [2.45, 2.75) is 39.2 Å². The number of hydrogen-bond acceptors (Lipinski definition) is 3. The third-order valence-electron chi connectivity index (χ3n) is 5.04. The van der Waals surface area contributed by atoms with Gasteiger partial charge in [-0.1, -0.05) is 50.2 Å². The lowest BCUT2D eigenvalue weighted by molar-refractivity contribution is -0.143. The monoisotopic (exact) mass is 380 g/mol. The Morgan fingerprint density at radius 3 is 2.43 bits per heavy atom. The number of benzene rings is 2. The van der Waals surface area contributed by atoms with Crippen LogP contribution in [0.25, 0.3) is 0 Å². The van der Waals surface area contributed by atoms with Crippen LogP contribution < -0.4 is 10.1 Å². The van der Waals surface area contributed by atoms with E-state index in [0.717, 1.165) is 16.9 Å². The molecule has 1 saturated heterocycles. The summed E-state index contributed by atoms with van der Waals surface area (Å²) in [6.45, 7) is 7.81. The Bertz CT molecular complexity index is 813. The van der Waals surface area contributed by atoms with Crippen molar-refractivity contribution in [1.29, 1.82) is 0 Å². The van der Waals surface area contributed by atoms with E-state index in [2.05, 4.69) is 19.2 Å². The van der Waals surface area contributed by atoms with E-state index in [1.165, 1.54) is 5.56 Å². The standard InChI is InChI=1S/C23H28N2O3/c1-4-28-20-11-5-17(6-12-20)15-21(26)25-14-13-24-23(27)22(25)19-9-7-18(8-10-19)16(2)3/h5-12,16,22H,4,13-15H2,1-3H3,(H,24,27). The van der Waals surface area contributed by atoms with E-state index >= 15 is 0 Å². The molecule has 28 heavy (non-hydrogen) atoms. The normalized spacial score (nSPS) is 16.8. The van der Waals surface area contributed by atoms with Crippen LogP contribution in [0.3, 0.4) is 0 Å². The lowest BCUT2D eigenvalue weighted by Crippen LogP contribution is -2.52. The van der Waals surface area contributed by atoms with Gasteiger partial charge >= 0.3 is 0 Å². The van der Waals surface area contributed by atoms with Crippen molar-refractivity contribution in [2.75, 3.05) is 19.7 Å². The molecule has 2 aromatic carbocycles. The number of carbonyl (C=O) groups excluding carboxylic acids is 2. The average Bonchev–Trinajstić information content (AvgIpc) is 2.69. The Hall–Kier alpha value is -2.82. The van der Waals surface area contributed by atoms with Crippen molar-refractivity contribution in [2.24, 2.45) is 0 Å². The maximum atomic E-state index is 13.0. The Kier molecular flexibility index (Phi) is 6.34. The first kappa shape index (κ1) is 19.9. The lowest BCUT2D eigenvalue weighted by Gasteiger charge is -2.35.